The fourth-order valence-corrected chi connectivity index (χ4v) is 1.57. The minimum absolute atomic E-state index is 0.0786. The lowest BCUT2D eigenvalue weighted by Gasteiger charge is -2.23. The number of hydrogen-bond donors (Lipinski definition) is 2. The lowest BCUT2D eigenvalue weighted by molar-refractivity contribution is 0.276. The Morgan fingerprint density at radius 2 is 2.29 bits per heavy atom. The van der Waals surface area contributed by atoms with Crippen LogP contribution in [0.2, 0.25) is 5.02 Å². The van der Waals surface area contributed by atoms with Crippen LogP contribution in [0.5, 0.6) is 0 Å². The van der Waals surface area contributed by atoms with E-state index in [1.165, 1.54) is 12.1 Å². The molecule has 0 aliphatic heterocycles. The van der Waals surface area contributed by atoms with Crippen molar-refractivity contribution in [2.75, 3.05) is 7.05 Å². The zero-order valence-corrected chi connectivity index (χ0v) is 10.4. The number of amidine groups is 1. The molecule has 0 aliphatic carbocycles. The molecule has 1 atom stereocenters. The second-order valence-electron chi connectivity index (χ2n) is 3.85. The van der Waals surface area contributed by atoms with E-state index in [0.29, 0.717) is 17.1 Å². The average molecular weight is 260 g/mol. The van der Waals surface area contributed by atoms with Crippen molar-refractivity contribution >= 4 is 17.4 Å². The van der Waals surface area contributed by atoms with E-state index < -0.39 is 0 Å². The Labute approximate surface area is 104 Å². The van der Waals surface area contributed by atoms with Crippen LogP contribution in [-0.2, 0) is 6.54 Å². The molecule has 3 N–H and O–H groups in total. The van der Waals surface area contributed by atoms with E-state index in [2.05, 4.69) is 5.16 Å². The van der Waals surface area contributed by atoms with E-state index in [-0.39, 0.29) is 17.7 Å². The van der Waals surface area contributed by atoms with Gasteiger partial charge in [-0.25, -0.2) is 4.39 Å². The molecule has 17 heavy (non-hydrogen) atoms. The van der Waals surface area contributed by atoms with Crippen molar-refractivity contribution < 1.29 is 9.60 Å². The monoisotopic (exact) mass is 259 g/mol. The number of hydrogen-bond acceptors (Lipinski definition) is 3. The molecule has 0 aliphatic rings. The second kappa shape index (κ2) is 5.84. The molecule has 0 saturated heterocycles. The molecule has 0 fully saturated rings. The predicted molar refractivity (Wildman–Crippen MR) is 65.7 cm³/mol. The van der Waals surface area contributed by atoms with Gasteiger partial charge >= 0.3 is 0 Å². The third-order valence-electron chi connectivity index (χ3n) is 2.63. The molecule has 0 saturated carbocycles. The molecule has 6 heteroatoms. The van der Waals surface area contributed by atoms with Gasteiger partial charge in [0.25, 0.3) is 0 Å². The zero-order chi connectivity index (χ0) is 13.0. The maximum atomic E-state index is 13.5. The van der Waals surface area contributed by atoms with Gasteiger partial charge in [-0.2, -0.15) is 0 Å². The minimum atomic E-state index is -0.326. The summed E-state index contributed by atoms with van der Waals surface area (Å²) in [7, 11) is 1.75. The standard InChI is InChI=1S/C11H15ClFN3O/c1-7(11(14)15-17)16(2)6-8-5-9(12)3-4-10(8)13/h3-5,7,17H,6H2,1-2H3,(H2,14,15). The van der Waals surface area contributed by atoms with E-state index in [9.17, 15) is 4.39 Å². The summed E-state index contributed by atoms with van der Waals surface area (Å²) in [5, 5.41) is 12.0. The molecule has 0 bridgehead atoms. The number of benzene rings is 1. The van der Waals surface area contributed by atoms with Crippen LogP contribution < -0.4 is 5.73 Å². The minimum Gasteiger partial charge on any atom is -0.409 e. The van der Waals surface area contributed by atoms with Crippen LogP contribution in [-0.4, -0.2) is 29.0 Å². The van der Waals surface area contributed by atoms with Crippen molar-refractivity contribution in [2.24, 2.45) is 10.9 Å². The van der Waals surface area contributed by atoms with Crippen LogP contribution in [0.4, 0.5) is 4.39 Å². The number of likely N-dealkylation sites (N-methyl/N-ethyl adjacent to an activating group) is 1. The maximum Gasteiger partial charge on any atom is 0.156 e. The van der Waals surface area contributed by atoms with Gasteiger partial charge in [-0.15, -0.1) is 0 Å². The van der Waals surface area contributed by atoms with Gasteiger partial charge in [-0.1, -0.05) is 16.8 Å². The summed E-state index contributed by atoms with van der Waals surface area (Å²) in [5.74, 6) is -0.247. The highest BCUT2D eigenvalue weighted by atomic mass is 35.5. The van der Waals surface area contributed by atoms with Crippen LogP contribution in [0, 0.1) is 5.82 Å². The quantitative estimate of drug-likeness (QED) is 0.377. The molecular weight excluding hydrogens is 245 g/mol. The molecule has 0 radical (unpaired) electrons. The van der Waals surface area contributed by atoms with E-state index >= 15 is 0 Å². The van der Waals surface area contributed by atoms with Crippen molar-refractivity contribution in [3.63, 3.8) is 0 Å². The summed E-state index contributed by atoms with van der Waals surface area (Å²) in [6.07, 6.45) is 0. The third kappa shape index (κ3) is 3.57. The summed E-state index contributed by atoms with van der Waals surface area (Å²) in [4.78, 5) is 1.75. The number of rotatable bonds is 4. The fourth-order valence-electron chi connectivity index (χ4n) is 1.38. The molecule has 1 rings (SSSR count). The molecule has 0 aromatic heterocycles. The molecule has 1 aromatic rings. The first-order chi connectivity index (χ1) is 7.95. The van der Waals surface area contributed by atoms with Gasteiger partial charge in [-0.05, 0) is 32.2 Å². The second-order valence-corrected chi connectivity index (χ2v) is 4.29. The van der Waals surface area contributed by atoms with Crippen LogP contribution in [0.25, 0.3) is 0 Å². The maximum absolute atomic E-state index is 13.5. The molecule has 0 spiro atoms. The van der Waals surface area contributed by atoms with Gasteiger partial charge in [0.1, 0.15) is 5.82 Å². The summed E-state index contributed by atoms with van der Waals surface area (Å²) in [6, 6.07) is 4.08. The van der Waals surface area contributed by atoms with E-state index in [1.807, 2.05) is 0 Å². The van der Waals surface area contributed by atoms with Gasteiger partial charge in [0.15, 0.2) is 5.84 Å². The van der Waals surface area contributed by atoms with Crippen LogP contribution >= 0.6 is 11.6 Å². The topological polar surface area (TPSA) is 61.9 Å². The predicted octanol–water partition coefficient (Wildman–Crippen LogP) is 2.05. The van der Waals surface area contributed by atoms with Crippen molar-refractivity contribution in [1.29, 1.82) is 0 Å². The van der Waals surface area contributed by atoms with Crippen molar-refractivity contribution in [3.05, 3.63) is 34.6 Å². The number of halogens is 2. The summed E-state index contributed by atoms with van der Waals surface area (Å²) in [6.45, 7) is 2.08. The number of oxime groups is 1. The highest BCUT2D eigenvalue weighted by Gasteiger charge is 2.15. The Balaban J connectivity index is 2.80. The first kappa shape index (κ1) is 13.7. The molecule has 1 unspecified atom stereocenters. The Morgan fingerprint density at radius 1 is 1.65 bits per heavy atom. The summed E-state index contributed by atoms with van der Waals surface area (Å²) in [5.41, 5.74) is 5.95. The van der Waals surface area contributed by atoms with Crippen LogP contribution in [0.3, 0.4) is 0 Å². The smallest absolute Gasteiger partial charge is 0.156 e. The first-order valence-corrected chi connectivity index (χ1v) is 5.45. The Bertz CT molecular complexity index is 425. The lowest BCUT2D eigenvalue weighted by Crippen LogP contribution is -2.40. The Hall–Kier alpha value is -1.33. The van der Waals surface area contributed by atoms with Gasteiger partial charge in [0, 0.05) is 17.1 Å². The first-order valence-electron chi connectivity index (χ1n) is 5.07. The summed E-state index contributed by atoms with van der Waals surface area (Å²) < 4.78 is 13.5. The Kier molecular flexibility index (Phi) is 4.72. The highest BCUT2D eigenvalue weighted by molar-refractivity contribution is 6.30. The molecule has 4 nitrogen and oxygen atoms in total. The zero-order valence-electron chi connectivity index (χ0n) is 9.69. The van der Waals surface area contributed by atoms with Gasteiger partial charge in [0.05, 0.1) is 6.04 Å². The molecular formula is C11H15ClFN3O. The largest absolute Gasteiger partial charge is 0.409 e. The van der Waals surface area contributed by atoms with Crippen molar-refractivity contribution in [2.45, 2.75) is 19.5 Å². The van der Waals surface area contributed by atoms with Crippen molar-refractivity contribution in [1.82, 2.24) is 4.90 Å². The van der Waals surface area contributed by atoms with Crippen LogP contribution in [0.1, 0.15) is 12.5 Å². The van der Waals surface area contributed by atoms with E-state index in [1.54, 1.807) is 24.9 Å². The SMILES string of the molecule is CC(/C(N)=N/O)N(C)Cc1cc(Cl)ccc1F. The third-order valence-corrected chi connectivity index (χ3v) is 2.87. The van der Waals surface area contributed by atoms with E-state index in [4.69, 9.17) is 22.5 Å². The van der Waals surface area contributed by atoms with Gasteiger partial charge in [-0.3, -0.25) is 4.90 Å². The normalized spacial score (nSPS) is 14.1. The van der Waals surface area contributed by atoms with Crippen LogP contribution in [0.15, 0.2) is 23.4 Å². The highest BCUT2D eigenvalue weighted by Crippen LogP contribution is 2.17. The van der Waals surface area contributed by atoms with Gasteiger partial charge in [0.2, 0.25) is 0 Å². The van der Waals surface area contributed by atoms with Crippen molar-refractivity contribution in [3.8, 4) is 0 Å². The molecule has 94 valence electrons. The lowest BCUT2D eigenvalue weighted by atomic mass is 10.1. The summed E-state index contributed by atoms with van der Waals surface area (Å²) >= 11 is 5.80. The number of nitrogens with two attached hydrogens (primary N) is 1. The molecule has 1 aromatic carbocycles. The van der Waals surface area contributed by atoms with E-state index in [0.717, 1.165) is 0 Å². The average Bonchev–Trinajstić information content (AvgIpc) is 2.31. The fraction of sp³-hybridized carbons (Fsp3) is 0.364. The van der Waals surface area contributed by atoms with Gasteiger partial charge < -0.3 is 10.9 Å². The number of nitrogens with zero attached hydrogens (tertiary/aromatic N) is 2. The Morgan fingerprint density at radius 3 is 2.88 bits per heavy atom. The molecule has 0 amide bonds. The molecule has 0 heterocycles.